The molecular weight excluding hydrogens is 138 g/mol. The molecule has 0 N–H and O–H groups in total. The molecule has 1 radical (unpaired) electrons. The molecule has 2 nitrogen and oxygen atoms in total. The molecule has 0 amide bonds. The van der Waals surface area contributed by atoms with E-state index in [1.807, 2.05) is 20.8 Å². The van der Waals surface area contributed by atoms with Crippen LogP contribution in [-0.2, 0) is 0 Å². The molecule has 1 rings (SSSR count). The van der Waals surface area contributed by atoms with Crippen molar-refractivity contribution in [2.45, 2.75) is 26.9 Å². The molecule has 0 fully saturated rings. The zero-order valence-electron chi connectivity index (χ0n) is 7.09. The average Bonchev–Trinajstić information content (AvgIpc) is 1.93. The molecule has 0 aliphatic carbocycles. The molecule has 0 aliphatic rings. The van der Waals surface area contributed by atoms with Crippen molar-refractivity contribution in [3.8, 4) is 5.88 Å². The summed E-state index contributed by atoms with van der Waals surface area (Å²) in [6.07, 6.45) is 1.86. The Labute approximate surface area is 67.2 Å². The van der Waals surface area contributed by atoms with Crippen molar-refractivity contribution in [1.29, 1.82) is 0 Å². The molecule has 1 aromatic heterocycles. The van der Waals surface area contributed by atoms with E-state index in [2.05, 4.69) is 11.1 Å². The second-order valence-electron chi connectivity index (χ2n) is 2.69. The van der Waals surface area contributed by atoms with E-state index in [-0.39, 0.29) is 6.10 Å². The van der Waals surface area contributed by atoms with Crippen LogP contribution in [0, 0.1) is 13.0 Å². The fraction of sp³-hybridized carbons (Fsp3) is 0.444. The molecule has 0 spiro atoms. The molecule has 2 heteroatoms. The van der Waals surface area contributed by atoms with Gasteiger partial charge in [0, 0.05) is 11.8 Å². The van der Waals surface area contributed by atoms with Crippen molar-refractivity contribution in [1.82, 2.24) is 4.98 Å². The minimum atomic E-state index is 0.178. The molecule has 0 aromatic carbocycles. The molecule has 59 valence electrons. The molecule has 0 saturated carbocycles. The van der Waals surface area contributed by atoms with Gasteiger partial charge in [0.05, 0.1) is 6.10 Å². The first-order valence-electron chi connectivity index (χ1n) is 3.70. The van der Waals surface area contributed by atoms with Crippen LogP contribution in [0.25, 0.3) is 0 Å². The highest BCUT2D eigenvalue weighted by Gasteiger charge is 2.00. The molecule has 0 bridgehead atoms. The molecule has 0 unspecified atom stereocenters. The second kappa shape index (κ2) is 3.37. The molecule has 0 aliphatic heterocycles. The highest BCUT2D eigenvalue weighted by molar-refractivity contribution is 5.22. The monoisotopic (exact) mass is 150 g/mol. The molecule has 1 heterocycles. The number of aromatic nitrogens is 1. The Bertz CT molecular complexity index is 233. The summed E-state index contributed by atoms with van der Waals surface area (Å²) < 4.78 is 5.40. The van der Waals surface area contributed by atoms with Crippen LogP contribution in [0.3, 0.4) is 0 Å². The van der Waals surface area contributed by atoms with Crippen molar-refractivity contribution in [2.24, 2.45) is 0 Å². The van der Waals surface area contributed by atoms with Gasteiger partial charge in [-0.05, 0) is 32.9 Å². The van der Waals surface area contributed by atoms with E-state index in [1.165, 1.54) is 0 Å². The Balaban J connectivity index is 2.78. The highest BCUT2D eigenvalue weighted by atomic mass is 16.5. The minimum absolute atomic E-state index is 0.178. The first-order valence-corrected chi connectivity index (χ1v) is 3.70. The SMILES string of the molecule is Cc1[c]ccnc1OC(C)C. The van der Waals surface area contributed by atoms with E-state index >= 15 is 0 Å². The fourth-order valence-corrected chi connectivity index (χ4v) is 0.768. The number of ether oxygens (including phenoxy) is 1. The average molecular weight is 150 g/mol. The summed E-state index contributed by atoms with van der Waals surface area (Å²) >= 11 is 0. The third kappa shape index (κ3) is 2.22. The van der Waals surface area contributed by atoms with Gasteiger partial charge in [-0.1, -0.05) is 0 Å². The second-order valence-corrected chi connectivity index (χ2v) is 2.69. The zero-order valence-corrected chi connectivity index (χ0v) is 7.09. The van der Waals surface area contributed by atoms with Crippen LogP contribution in [-0.4, -0.2) is 11.1 Å². The summed E-state index contributed by atoms with van der Waals surface area (Å²) in [4.78, 5) is 4.06. The summed E-state index contributed by atoms with van der Waals surface area (Å²) in [5, 5.41) is 0. The quantitative estimate of drug-likeness (QED) is 0.643. The van der Waals surface area contributed by atoms with E-state index in [9.17, 15) is 0 Å². The Kier molecular flexibility index (Phi) is 2.47. The largest absolute Gasteiger partial charge is 0.475 e. The standard InChI is InChI=1S/C9H12NO/c1-7(2)11-9-8(3)5-4-6-10-9/h4,6-7H,1-3H3. The normalized spacial score (nSPS) is 10.2. The number of hydrogen-bond acceptors (Lipinski definition) is 2. The van der Waals surface area contributed by atoms with Gasteiger partial charge in [-0.2, -0.15) is 0 Å². The predicted molar refractivity (Wildman–Crippen MR) is 43.6 cm³/mol. The fourth-order valence-electron chi connectivity index (χ4n) is 0.768. The maximum atomic E-state index is 5.40. The lowest BCUT2D eigenvalue weighted by Gasteiger charge is -2.09. The zero-order chi connectivity index (χ0) is 8.27. The summed E-state index contributed by atoms with van der Waals surface area (Å²) in [6, 6.07) is 4.80. The maximum absolute atomic E-state index is 5.40. The number of pyridine rings is 1. The van der Waals surface area contributed by atoms with E-state index in [0.717, 1.165) is 5.56 Å². The van der Waals surface area contributed by atoms with Gasteiger partial charge in [-0.3, -0.25) is 0 Å². The van der Waals surface area contributed by atoms with Crippen LogP contribution in [0.1, 0.15) is 19.4 Å². The lowest BCUT2D eigenvalue weighted by atomic mass is 10.3. The number of nitrogens with zero attached hydrogens (tertiary/aromatic N) is 1. The van der Waals surface area contributed by atoms with Gasteiger partial charge in [0.2, 0.25) is 5.88 Å². The summed E-state index contributed by atoms with van der Waals surface area (Å²) in [5.41, 5.74) is 0.959. The van der Waals surface area contributed by atoms with Crippen LogP contribution in [0.2, 0.25) is 0 Å². The summed E-state index contributed by atoms with van der Waals surface area (Å²) in [6.45, 7) is 5.90. The third-order valence-electron chi connectivity index (χ3n) is 1.23. The van der Waals surface area contributed by atoms with Crippen molar-refractivity contribution in [3.63, 3.8) is 0 Å². The third-order valence-corrected chi connectivity index (χ3v) is 1.23. The van der Waals surface area contributed by atoms with Gasteiger partial charge in [-0.25, -0.2) is 4.98 Å². The maximum Gasteiger partial charge on any atom is 0.217 e. The van der Waals surface area contributed by atoms with Crippen LogP contribution in [0.5, 0.6) is 5.88 Å². The topological polar surface area (TPSA) is 22.1 Å². The van der Waals surface area contributed by atoms with Gasteiger partial charge in [0.25, 0.3) is 0 Å². The van der Waals surface area contributed by atoms with E-state index in [4.69, 9.17) is 4.74 Å². The van der Waals surface area contributed by atoms with Gasteiger partial charge in [0.1, 0.15) is 0 Å². The van der Waals surface area contributed by atoms with Gasteiger partial charge in [0.15, 0.2) is 0 Å². The van der Waals surface area contributed by atoms with Crippen molar-refractivity contribution in [3.05, 3.63) is 23.9 Å². The van der Waals surface area contributed by atoms with Crippen LogP contribution >= 0.6 is 0 Å². The van der Waals surface area contributed by atoms with E-state index in [1.54, 1.807) is 12.3 Å². The molecular formula is C9H12NO. The van der Waals surface area contributed by atoms with E-state index in [0.29, 0.717) is 5.88 Å². The Morgan fingerprint density at radius 3 is 2.82 bits per heavy atom. The molecule has 1 aromatic rings. The molecule has 0 atom stereocenters. The summed E-state index contributed by atoms with van der Waals surface area (Å²) in [7, 11) is 0. The number of rotatable bonds is 2. The van der Waals surface area contributed by atoms with Gasteiger partial charge < -0.3 is 4.74 Å². The minimum Gasteiger partial charge on any atom is -0.475 e. The Morgan fingerprint density at radius 1 is 1.55 bits per heavy atom. The van der Waals surface area contributed by atoms with E-state index < -0.39 is 0 Å². The number of hydrogen-bond donors (Lipinski definition) is 0. The van der Waals surface area contributed by atoms with Crippen molar-refractivity contribution < 1.29 is 4.74 Å². The smallest absolute Gasteiger partial charge is 0.217 e. The first-order chi connectivity index (χ1) is 5.20. The first kappa shape index (κ1) is 8.05. The van der Waals surface area contributed by atoms with Crippen molar-refractivity contribution >= 4 is 0 Å². The number of aryl methyl sites for hydroxylation is 1. The summed E-state index contributed by atoms with van der Waals surface area (Å²) in [5.74, 6) is 0.683. The van der Waals surface area contributed by atoms with Gasteiger partial charge >= 0.3 is 0 Å². The Morgan fingerprint density at radius 2 is 2.27 bits per heavy atom. The predicted octanol–water partition coefficient (Wildman–Crippen LogP) is 1.98. The Hall–Kier alpha value is -1.05. The highest BCUT2D eigenvalue weighted by Crippen LogP contribution is 2.12. The van der Waals surface area contributed by atoms with Crippen LogP contribution in [0.4, 0.5) is 0 Å². The van der Waals surface area contributed by atoms with Crippen molar-refractivity contribution in [2.75, 3.05) is 0 Å². The lowest BCUT2D eigenvalue weighted by molar-refractivity contribution is 0.231. The van der Waals surface area contributed by atoms with Crippen LogP contribution < -0.4 is 4.74 Å². The van der Waals surface area contributed by atoms with Crippen LogP contribution in [0.15, 0.2) is 12.3 Å². The lowest BCUT2D eigenvalue weighted by Crippen LogP contribution is -2.07. The molecule has 11 heavy (non-hydrogen) atoms. The van der Waals surface area contributed by atoms with Gasteiger partial charge in [-0.15, -0.1) is 0 Å². The molecule has 0 saturated heterocycles.